The third kappa shape index (κ3) is 3.05. The molecule has 1 rings (SSSR count). The van der Waals surface area contributed by atoms with Crippen molar-refractivity contribution in [3.8, 4) is 5.88 Å². The molecule has 0 unspecified atom stereocenters. The highest BCUT2D eigenvalue weighted by atomic mass is 16.5. The van der Waals surface area contributed by atoms with Gasteiger partial charge in [0.15, 0.2) is 6.29 Å². The van der Waals surface area contributed by atoms with Gasteiger partial charge in [-0.1, -0.05) is 6.92 Å². The van der Waals surface area contributed by atoms with Crippen LogP contribution in [0.25, 0.3) is 0 Å². The molecule has 0 saturated carbocycles. The Morgan fingerprint density at radius 3 is 2.67 bits per heavy atom. The van der Waals surface area contributed by atoms with Gasteiger partial charge in [0, 0.05) is 17.3 Å². The van der Waals surface area contributed by atoms with Crippen LogP contribution in [0.5, 0.6) is 5.88 Å². The number of ether oxygens (including phenoxy) is 1. The van der Waals surface area contributed by atoms with Crippen LogP contribution in [0.1, 0.15) is 43.1 Å². The van der Waals surface area contributed by atoms with Crippen molar-refractivity contribution in [3.05, 3.63) is 23.4 Å². The first-order valence-electron chi connectivity index (χ1n) is 5.09. The largest absolute Gasteiger partial charge is 0.471 e. The molecule has 0 aliphatic carbocycles. The monoisotopic (exact) mass is 207 g/mol. The Hall–Kier alpha value is -1.38. The van der Waals surface area contributed by atoms with Gasteiger partial charge in [0.1, 0.15) is 5.60 Å². The highest BCUT2D eigenvalue weighted by Gasteiger charge is 2.18. The Kier molecular flexibility index (Phi) is 3.45. The minimum absolute atomic E-state index is 0.222. The number of aldehydes is 1. The number of carbonyl (C=O) groups is 1. The number of pyridine rings is 1. The second-order valence-electron chi connectivity index (χ2n) is 4.22. The number of nitrogens with zero attached hydrogens (tertiary/aromatic N) is 1. The molecular formula is C12H17NO2. The Labute approximate surface area is 90.5 Å². The lowest BCUT2D eigenvalue weighted by molar-refractivity contribution is 0.0979. The predicted molar refractivity (Wildman–Crippen MR) is 59.4 cm³/mol. The van der Waals surface area contributed by atoms with Gasteiger partial charge in [-0.2, -0.15) is 0 Å². The van der Waals surface area contributed by atoms with Gasteiger partial charge in [-0.15, -0.1) is 0 Å². The molecule has 0 aromatic carbocycles. The zero-order valence-electron chi connectivity index (χ0n) is 9.70. The molecule has 0 fully saturated rings. The van der Waals surface area contributed by atoms with Crippen LogP contribution in [0.4, 0.5) is 0 Å². The summed E-state index contributed by atoms with van der Waals surface area (Å²) >= 11 is 0. The fourth-order valence-corrected chi connectivity index (χ4v) is 1.09. The topological polar surface area (TPSA) is 39.2 Å². The first kappa shape index (κ1) is 11.7. The first-order chi connectivity index (χ1) is 6.98. The standard InChI is InChI=1S/C12H17NO2/c1-5-12(3,4)15-11-9(2)6-10(8-14)7-13-11/h6-8H,5H2,1-4H3. The van der Waals surface area contributed by atoms with E-state index < -0.39 is 0 Å². The molecule has 1 aromatic rings. The summed E-state index contributed by atoms with van der Waals surface area (Å²) in [6.45, 7) is 7.99. The maximum atomic E-state index is 10.5. The van der Waals surface area contributed by atoms with Crippen molar-refractivity contribution >= 4 is 6.29 Å². The van der Waals surface area contributed by atoms with Crippen molar-refractivity contribution in [1.82, 2.24) is 4.98 Å². The van der Waals surface area contributed by atoms with Crippen LogP contribution >= 0.6 is 0 Å². The maximum Gasteiger partial charge on any atom is 0.216 e. The van der Waals surface area contributed by atoms with Crippen molar-refractivity contribution in [2.75, 3.05) is 0 Å². The minimum atomic E-state index is -0.222. The molecule has 1 heterocycles. The van der Waals surface area contributed by atoms with E-state index >= 15 is 0 Å². The Balaban J connectivity index is 2.92. The third-order valence-electron chi connectivity index (χ3n) is 2.41. The van der Waals surface area contributed by atoms with E-state index in [9.17, 15) is 4.79 Å². The third-order valence-corrected chi connectivity index (χ3v) is 2.41. The predicted octanol–water partition coefficient (Wildman–Crippen LogP) is 2.77. The zero-order valence-corrected chi connectivity index (χ0v) is 9.70. The number of carbonyl (C=O) groups excluding carboxylic acids is 1. The lowest BCUT2D eigenvalue weighted by Crippen LogP contribution is -2.27. The highest BCUT2D eigenvalue weighted by Crippen LogP contribution is 2.22. The molecule has 3 heteroatoms. The van der Waals surface area contributed by atoms with Crippen LogP contribution in [0, 0.1) is 6.92 Å². The lowest BCUT2D eigenvalue weighted by atomic mass is 10.1. The molecule has 1 aromatic heterocycles. The summed E-state index contributed by atoms with van der Waals surface area (Å²) in [7, 11) is 0. The average molecular weight is 207 g/mol. The van der Waals surface area contributed by atoms with Crippen LogP contribution in [0.3, 0.4) is 0 Å². The summed E-state index contributed by atoms with van der Waals surface area (Å²) < 4.78 is 5.75. The van der Waals surface area contributed by atoms with E-state index in [2.05, 4.69) is 11.9 Å². The second-order valence-corrected chi connectivity index (χ2v) is 4.22. The molecule has 15 heavy (non-hydrogen) atoms. The van der Waals surface area contributed by atoms with Gasteiger partial charge in [0.2, 0.25) is 5.88 Å². The zero-order chi connectivity index (χ0) is 11.5. The second kappa shape index (κ2) is 4.43. The Bertz CT molecular complexity index is 359. The quantitative estimate of drug-likeness (QED) is 0.713. The molecule has 0 spiro atoms. The van der Waals surface area contributed by atoms with Crippen molar-refractivity contribution in [3.63, 3.8) is 0 Å². The van der Waals surface area contributed by atoms with Crippen LogP contribution in [-0.4, -0.2) is 16.9 Å². The minimum Gasteiger partial charge on any atom is -0.471 e. The van der Waals surface area contributed by atoms with Gasteiger partial charge >= 0.3 is 0 Å². The van der Waals surface area contributed by atoms with Crippen molar-refractivity contribution in [2.24, 2.45) is 0 Å². The number of aromatic nitrogens is 1. The van der Waals surface area contributed by atoms with Crippen molar-refractivity contribution in [1.29, 1.82) is 0 Å². The van der Waals surface area contributed by atoms with Crippen LogP contribution in [0.15, 0.2) is 12.3 Å². The molecule has 0 saturated heterocycles. The van der Waals surface area contributed by atoms with Crippen molar-refractivity contribution in [2.45, 2.75) is 39.7 Å². The molecular weight excluding hydrogens is 190 g/mol. The molecule has 82 valence electrons. The van der Waals surface area contributed by atoms with E-state index in [0.29, 0.717) is 11.4 Å². The molecule has 0 bridgehead atoms. The Morgan fingerprint density at radius 2 is 2.20 bits per heavy atom. The van der Waals surface area contributed by atoms with Gasteiger partial charge in [-0.3, -0.25) is 4.79 Å². The fourth-order valence-electron chi connectivity index (χ4n) is 1.09. The van der Waals surface area contributed by atoms with Gasteiger partial charge in [0.05, 0.1) is 0 Å². The van der Waals surface area contributed by atoms with E-state index in [1.165, 1.54) is 6.20 Å². The summed E-state index contributed by atoms with van der Waals surface area (Å²) in [6.07, 6.45) is 3.22. The molecule has 0 amide bonds. The summed E-state index contributed by atoms with van der Waals surface area (Å²) in [5.41, 5.74) is 1.25. The van der Waals surface area contributed by atoms with Gasteiger partial charge < -0.3 is 4.74 Å². The van der Waals surface area contributed by atoms with E-state index in [-0.39, 0.29) is 5.60 Å². The number of rotatable bonds is 4. The molecule has 0 aliphatic heterocycles. The molecule has 0 aliphatic rings. The van der Waals surface area contributed by atoms with Gasteiger partial charge in [0.25, 0.3) is 0 Å². The SMILES string of the molecule is CCC(C)(C)Oc1ncc(C=O)cc1C. The molecule has 0 N–H and O–H groups in total. The summed E-state index contributed by atoms with van der Waals surface area (Å²) in [5, 5.41) is 0. The summed E-state index contributed by atoms with van der Waals surface area (Å²) in [5.74, 6) is 0.604. The normalized spacial score (nSPS) is 11.2. The molecule has 0 radical (unpaired) electrons. The van der Waals surface area contributed by atoms with Gasteiger partial charge in [-0.05, 0) is 33.3 Å². The maximum absolute atomic E-state index is 10.5. The fraction of sp³-hybridized carbons (Fsp3) is 0.500. The highest BCUT2D eigenvalue weighted by molar-refractivity contribution is 5.74. The first-order valence-corrected chi connectivity index (χ1v) is 5.09. The van der Waals surface area contributed by atoms with E-state index in [1.807, 2.05) is 20.8 Å². The van der Waals surface area contributed by atoms with E-state index in [1.54, 1.807) is 6.07 Å². The summed E-state index contributed by atoms with van der Waals surface area (Å²) in [4.78, 5) is 14.7. The molecule has 0 atom stereocenters. The van der Waals surface area contributed by atoms with E-state index in [0.717, 1.165) is 18.3 Å². The Morgan fingerprint density at radius 1 is 1.53 bits per heavy atom. The molecule has 3 nitrogen and oxygen atoms in total. The van der Waals surface area contributed by atoms with Gasteiger partial charge in [-0.25, -0.2) is 4.98 Å². The van der Waals surface area contributed by atoms with E-state index in [4.69, 9.17) is 4.74 Å². The van der Waals surface area contributed by atoms with Crippen LogP contribution in [-0.2, 0) is 0 Å². The van der Waals surface area contributed by atoms with Crippen LogP contribution in [0.2, 0.25) is 0 Å². The number of hydrogen-bond acceptors (Lipinski definition) is 3. The van der Waals surface area contributed by atoms with Crippen molar-refractivity contribution < 1.29 is 9.53 Å². The summed E-state index contributed by atoms with van der Waals surface area (Å²) in [6, 6.07) is 1.78. The number of aryl methyl sites for hydroxylation is 1. The smallest absolute Gasteiger partial charge is 0.216 e. The number of hydrogen-bond donors (Lipinski definition) is 0. The average Bonchev–Trinajstić information content (AvgIpc) is 2.21. The van der Waals surface area contributed by atoms with Crippen LogP contribution < -0.4 is 4.74 Å². The lowest BCUT2D eigenvalue weighted by Gasteiger charge is -2.24.